The molecule has 5 heteroatoms. The van der Waals surface area contributed by atoms with E-state index in [9.17, 15) is 4.79 Å². The van der Waals surface area contributed by atoms with Crippen LogP contribution in [0.5, 0.6) is 0 Å². The van der Waals surface area contributed by atoms with Crippen LogP contribution in [0.3, 0.4) is 0 Å². The van der Waals surface area contributed by atoms with Gasteiger partial charge >= 0.3 is 5.97 Å². The van der Waals surface area contributed by atoms with Gasteiger partial charge in [-0.3, -0.25) is 9.69 Å². The van der Waals surface area contributed by atoms with Gasteiger partial charge in [-0.1, -0.05) is 0 Å². The van der Waals surface area contributed by atoms with Crippen molar-refractivity contribution in [3.63, 3.8) is 0 Å². The fourth-order valence-electron chi connectivity index (χ4n) is 2.62. The number of carboxylic acids is 1. The average Bonchev–Trinajstić information content (AvgIpc) is 2.38. The molecular formula is C12H22N2O3. The number of hydrogen-bond donors (Lipinski definition) is 1. The summed E-state index contributed by atoms with van der Waals surface area (Å²) in [5, 5.41) is 8.65. The highest BCUT2D eigenvalue weighted by atomic mass is 16.5. The predicted molar refractivity (Wildman–Crippen MR) is 64.1 cm³/mol. The van der Waals surface area contributed by atoms with Crippen molar-refractivity contribution < 1.29 is 14.6 Å². The van der Waals surface area contributed by atoms with Crippen LogP contribution in [0.25, 0.3) is 0 Å². The average molecular weight is 242 g/mol. The third-order valence-corrected chi connectivity index (χ3v) is 3.70. The monoisotopic (exact) mass is 242 g/mol. The third-order valence-electron chi connectivity index (χ3n) is 3.70. The van der Waals surface area contributed by atoms with Gasteiger partial charge in [-0.15, -0.1) is 0 Å². The number of piperazine rings is 1. The summed E-state index contributed by atoms with van der Waals surface area (Å²) >= 11 is 0. The molecule has 0 aromatic rings. The first-order valence-electron chi connectivity index (χ1n) is 6.51. The standard InChI is InChI=1S/C12H22N2O3/c15-12(16)3-4-13-5-7-14(8-6-13)11-2-1-9-17-10-11/h11H,1-10H2,(H,15,16). The Kier molecular flexibility index (Phi) is 4.76. The lowest BCUT2D eigenvalue weighted by Crippen LogP contribution is -2.52. The highest BCUT2D eigenvalue weighted by Crippen LogP contribution is 2.15. The number of carboxylic acid groups (broad SMARTS) is 1. The number of ether oxygens (including phenoxy) is 1. The second kappa shape index (κ2) is 6.33. The van der Waals surface area contributed by atoms with Gasteiger partial charge in [0.05, 0.1) is 13.0 Å². The summed E-state index contributed by atoms with van der Waals surface area (Å²) in [7, 11) is 0. The highest BCUT2D eigenvalue weighted by molar-refractivity contribution is 5.66. The zero-order valence-corrected chi connectivity index (χ0v) is 10.3. The number of hydrogen-bond acceptors (Lipinski definition) is 4. The smallest absolute Gasteiger partial charge is 0.304 e. The molecule has 5 nitrogen and oxygen atoms in total. The molecular weight excluding hydrogens is 220 g/mol. The summed E-state index contributed by atoms with van der Waals surface area (Å²) in [5.74, 6) is -0.701. The molecule has 17 heavy (non-hydrogen) atoms. The van der Waals surface area contributed by atoms with Crippen LogP contribution < -0.4 is 0 Å². The molecule has 1 unspecified atom stereocenters. The van der Waals surface area contributed by atoms with Crippen molar-refractivity contribution in [3.05, 3.63) is 0 Å². The van der Waals surface area contributed by atoms with Gasteiger partial charge < -0.3 is 14.7 Å². The molecule has 0 bridgehead atoms. The van der Waals surface area contributed by atoms with Crippen molar-refractivity contribution in [3.8, 4) is 0 Å². The minimum absolute atomic E-state index is 0.256. The van der Waals surface area contributed by atoms with Crippen molar-refractivity contribution in [2.45, 2.75) is 25.3 Å². The Morgan fingerprint density at radius 2 is 2.06 bits per heavy atom. The topological polar surface area (TPSA) is 53.0 Å². The van der Waals surface area contributed by atoms with E-state index in [-0.39, 0.29) is 6.42 Å². The fourth-order valence-corrected chi connectivity index (χ4v) is 2.62. The van der Waals surface area contributed by atoms with Crippen molar-refractivity contribution in [2.24, 2.45) is 0 Å². The van der Waals surface area contributed by atoms with Crippen molar-refractivity contribution in [1.82, 2.24) is 9.80 Å². The zero-order valence-electron chi connectivity index (χ0n) is 10.3. The van der Waals surface area contributed by atoms with Gasteiger partial charge in [0, 0.05) is 45.4 Å². The van der Waals surface area contributed by atoms with Crippen LogP contribution in [-0.4, -0.2) is 72.9 Å². The molecule has 0 amide bonds. The molecule has 98 valence electrons. The Bertz CT molecular complexity index is 246. The first-order chi connectivity index (χ1) is 8.25. The van der Waals surface area contributed by atoms with E-state index in [1.807, 2.05) is 0 Å². The Hall–Kier alpha value is -0.650. The van der Waals surface area contributed by atoms with Gasteiger partial charge in [0.1, 0.15) is 0 Å². The van der Waals surface area contributed by atoms with Crippen LogP contribution in [-0.2, 0) is 9.53 Å². The summed E-state index contributed by atoms with van der Waals surface area (Å²) in [6, 6.07) is 0.588. The third kappa shape index (κ3) is 3.94. The minimum atomic E-state index is -0.701. The molecule has 2 fully saturated rings. The van der Waals surface area contributed by atoms with Crippen LogP contribution in [0, 0.1) is 0 Å². The van der Waals surface area contributed by atoms with E-state index < -0.39 is 5.97 Å². The Morgan fingerprint density at radius 3 is 2.65 bits per heavy atom. The summed E-state index contributed by atoms with van der Waals surface area (Å²) in [6.45, 7) is 6.55. The van der Waals surface area contributed by atoms with Gasteiger partial charge in [0.2, 0.25) is 0 Å². The first kappa shape index (κ1) is 12.8. The molecule has 1 atom stereocenters. The maximum absolute atomic E-state index is 10.5. The second-order valence-corrected chi connectivity index (χ2v) is 4.89. The SMILES string of the molecule is O=C(O)CCN1CCN(C2CCCOC2)CC1. The van der Waals surface area contributed by atoms with Crippen LogP contribution in [0.15, 0.2) is 0 Å². The van der Waals surface area contributed by atoms with Crippen molar-refractivity contribution in [2.75, 3.05) is 45.9 Å². The molecule has 0 spiro atoms. The number of carbonyl (C=O) groups is 1. The van der Waals surface area contributed by atoms with Gasteiger partial charge in [-0.25, -0.2) is 0 Å². The number of aliphatic carboxylic acids is 1. The van der Waals surface area contributed by atoms with Crippen LogP contribution >= 0.6 is 0 Å². The first-order valence-corrected chi connectivity index (χ1v) is 6.51. The van der Waals surface area contributed by atoms with E-state index in [0.717, 1.165) is 39.4 Å². The second-order valence-electron chi connectivity index (χ2n) is 4.89. The predicted octanol–water partition coefficient (Wildman–Crippen LogP) is 0.258. The van der Waals surface area contributed by atoms with Crippen LogP contribution in [0.2, 0.25) is 0 Å². The molecule has 2 rings (SSSR count). The maximum Gasteiger partial charge on any atom is 0.304 e. The van der Waals surface area contributed by atoms with Gasteiger partial charge in [-0.05, 0) is 12.8 Å². The lowest BCUT2D eigenvalue weighted by Gasteiger charge is -2.40. The Morgan fingerprint density at radius 1 is 1.29 bits per heavy atom. The van der Waals surface area contributed by atoms with E-state index in [1.165, 1.54) is 12.8 Å². The highest BCUT2D eigenvalue weighted by Gasteiger charge is 2.25. The Labute approximate surface area is 102 Å². The van der Waals surface area contributed by atoms with Crippen LogP contribution in [0.1, 0.15) is 19.3 Å². The normalized spacial score (nSPS) is 28.1. The quantitative estimate of drug-likeness (QED) is 0.766. The molecule has 0 saturated carbocycles. The minimum Gasteiger partial charge on any atom is -0.481 e. The van der Waals surface area contributed by atoms with Gasteiger partial charge in [-0.2, -0.15) is 0 Å². The lowest BCUT2D eigenvalue weighted by atomic mass is 10.1. The fraction of sp³-hybridized carbons (Fsp3) is 0.917. The van der Waals surface area contributed by atoms with E-state index >= 15 is 0 Å². The van der Waals surface area contributed by atoms with E-state index in [0.29, 0.717) is 12.6 Å². The molecule has 0 aromatic heterocycles. The number of rotatable bonds is 4. The molecule has 2 heterocycles. The summed E-state index contributed by atoms with van der Waals surface area (Å²) in [5.41, 5.74) is 0. The van der Waals surface area contributed by atoms with E-state index in [1.54, 1.807) is 0 Å². The zero-order chi connectivity index (χ0) is 12.1. The van der Waals surface area contributed by atoms with E-state index in [2.05, 4.69) is 9.80 Å². The molecule has 2 aliphatic rings. The molecule has 2 aliphatic heterocycles. The molecule has 1 N–H and O–H groups in total. The molecule has 2 saturated heterocycles. The van der Waals surface area contributed by atoms with Crippen molar-refractivity contribution in [1.29, 1.82) is 0 Å². The van der Waals surface area contributed by atoms with Crippen LogP contribution in [0.4, 0.5) is 0 Å². The van der Waals surface area contributed by atoms with Gasteiger partial charge in [0.25, 0.3) is 0 Å². The van der Waals surface area contributed by atoms with Gasteiger partial charge in [0.15, 0.2) is 0 Å². The van der Waals surface area contributed by atoms with Crippen molar-refractivity contribution >= 4 is 5.97 Å². The lowest BCUT2D eigenvalue weighted by molar-refractivity contribution is -0.137. The molecule has 0 aromatic carbocycles. The largest absolute Gasteiger partial charge is 0.481 e. The summed E-state index contributed by atoms with van der Waals surface area (Å²) in [6.07, 6.45) is 2.67. The summed E-state index contributed by atoms with van der Waals surface area (Å²) < 4.78 is 5.51. The number of nitrogens with zero attached hydrogens (tertiary/aromatic N) is 2. The summed E-state index contributed by atoms with van der Waals surface area (Å²) in [4.78, 5) is 15.2. The maximum atomic E-state index is 10.5. The molecule has 0 aliphatic carbocycles. The Balaban J connectivity index is 1.68. The molecule has 0 radical (unpaired) electrons. The van der Waals surface area contributed by atoms with E-state index in [4.69, 9.17) is 9.84 Å².